The molecule has 7 heteroatoms. The minimum absolute atomic E-state index is 0.0703. The number of halogens is 2. The topological polar surface area (TPSA) is 83.6 Å². The van der Waals surface area contributed by atoms with Gasteiger partial charge in [-0.3, -0.25) is 9.59 Å². The molecule has 1 heterocycles. The average molecular weight is 222 g/mol. The first-order chi connectivity index (χ1) is 6.82. The van der Waals surface area contributed by atoms with E-state index in [4.69, 9.17) is 10.8 Å². The Hall–Kier alpha value is -1.24. The van der Waals surface area contributed by atoms with Gasteiger partial charge in [-0.1, -0.05) is 0 Å². The van der Waals surface area contributed by atoms with E-state index in [1.807, 2.05) is 0 Å². The quantitative estimate of drug-likeness (QED) is 0.684. The molecule has 0 bridgehead atoms. The van der Waals surface area contributed by atoms with Gasteiger partial charge in [0, 0.05) is 13.0 Å². The third kappa shape index (κ3) is 3.12. The molecule has 0 aromatic rings. The summed E-state index contributed by atoms with van der Waals surface area (Å²) in [5.74, 6) is -4.82. The van der Waals surface area contributed by atoms with Crippen molar-refractivity contribution in [3.8, 4) is 0 Å². The second kappa shape index (κ2) is 4.09. The van der Waals surface area contributed by atoms with E-state index in [9.17, 15) is 18.4 Å². The third-order valence-corrected chi connectivity index (χ3v) is 2.19. The van der Waals surface area contributed by atoms with Crippen LogP contribution in [0.5, 0.6) is 0 Å². The van der Waals surface area contributed by atoms with Crippen molar-refractivity contribution >= 4 is 11.9 Å². The van der Waals surface area contributed by atoms with E-state index in [0.717, 1.165) is 4.90 Å². The second-order valence-corrected chi connectivity index (χ2v) is 3.57. The summed E-state index contributed by atoms with van der Waals surface area (Å²) >= 11 is 0. The molecule has 0 radical (unpaired) electrons. The highest BCUT2D eigenvalue weighted by molar-refractivity contribution is 5.86. The van der Waals surface area contributed by atoms with Gasteiger partial charge in [0.2, 0.25) is 5.91 Å². The molecule has 1 amide bonds. The van der Waals surface area contributed by atoms with Gasteiger partial charge in [0.25, 0.3) is 5.92 Å². The molecule has 1 saturated heterocycles. The largest absolute Gasteiger partial charge is 0.481 e. The van der Waals surface area contributed by atoms with E-state index in [0.29, 0.717) is 0 Å². The average Bonchev–Trinajstić information content (AvgIpc) is 2.43. The summed E-state index contributed by atoms with van der Waals surface area (Å²) in [5, 5.41) is 8.38. The Kier molecular flexibility index (Phi) is 3.23. The van der Waals surface area contributed by atoms with Crippen LogP contribution in [0, 0.1) is 0 Å². The Morgan fingerprint density at radius 2 is 2.13 bits per heavy atom. The van der Waals surface area contributed by atoms with Gasteiger partial charge in [-0.25, -0.2) is 8.78 Å². The first kappa shape index (κ1) is 11.8. The summed E-state index contributed by atoms with van der Waals surface area (Å²) in [6.07, 6.45) is -0.931. The molecular weight excluding hydrogens is 210 g/mol. The van der Waals surface area contributed by atoms with Gasteiger partial charge in [-0.2, -0.15) is 0 Å². The molecule has 1 atom stereocenters. The van der Waals surface area contributed by atoms with Crippen molar-refractivity contribution in [2.75, 3.05) is 13.1 Å². The first-order valence-electron chi connectivity index (χ1n) is 4.46. The maximum atomic E-state index is 12.7. The van der Waals surface area contributed by atoms with Crippen LogP contribution in [-0.2, 0) is 9.59 Å². The number of hydrogen-bond acceptors (Lipinski definition) is 3. The first-order valence-corrected chi connectivity index (χ1v) is 4.46. The van der Waals surface area contributed by atoms with E-state index in [1.165, 1.54) is 0 Å². The van der Waals surface area contributed by atoms with Gasteiger partial charge >= 0.3 is 5.97 Å². The lowest BCUT2D eigenvalue weighted by atomic mass is 10.2. The van der Waals surface area contributed by atoms with Crippen molar-refractivity contribution in [2.45, 2.75) is 24.8 Å². The Bertz CT molecular complexity index is 283. The number of alkyl halides is 2. The lowest BCUT2D eigenvalue weighted by Gasteiger charge is -2.19. The molecule has 0 aromatic carbocycles. The van der Waals surface area contributed by atoms with Gasteiger partial charge in [-0.05, 0) is 0 Å². The van der Waals surface area contributed by atoms with Crippen molar-refractivity contribution < 1.29 is 23.5 Å². The van der Waals surface area contributed by atoms with E-state index in [2.05, 4.69) is 0 Å². The molecule has 0 aliphatic carbocycles. The van der Waals surface area contributed by atoms with Crippen LogP contribution in [0.2, 0.25) is 0 Å². The van der Waals surface area contributed by atoms with Crippen molar-refractivity contribution in [2.24, 2.45) is 5.73 Å². The summed E-state index contributed by atoms with van der Waals surface area (Å²) in [6.45, 7) is -0.738. The summed E-state index contributed by atoms with van der Waals surface area (Å²) in [4.78, 5) is 22.5. The van der Waals surface area contributed by atoms with Gasteiger partial charge < -0.3 is 15.7 Å². The smallest absolute Gasteiger partial charge is 0.305 e. The predicted octanol–water partition coefficient (Wildman–Crippen LogP) is -0.344. The van der Waals surface area contributed by atoms with Crippen LogP contribution < -0.4 is 5.73 Å². The SMILES string of the molecule is NC(CC(=O)O)C(=O)N1CCC(F)(F)C1. The molecule has 0 aromatic heterocycles. The number of nitrogens with two attached hydrogens (primary N) is 1. The van der Waals surface area contributed by atoms with Crippen molar-refractivity contribution in [1.82, 2.24) is 4.90 Å². The zero-order valence-electron chi connectivity index (χ0n) is 7.95. The molecule has 1 fully saturated rings. The van der Waals surface area contributed by atoms with Crippen molar-refractivity contribution in [3.05, 3.63) is 0 Å². The Labute approximate surface area is 84.8 Å². The highest BCUT2D eigenvalue weighted by Crippen LogP contribution is 2.27. The molecular formula is C8H12F2N2O3. The van der Waals surface area contributed by atoms with Gasteiger partial charge in [0.1, 0.15) is 0 Å². The van der Waals surface area contributed by atoms with Gasteiger partial charge in [0.15, 0.2) is 0 Å². The van der Waals surface area contributed by atoms with Crippen molar-refractivity contribution in [1.29, 1.82) is 0 Å². The molecule has 3 N–H and O–H groups in total. The maximum absolute atomic E-state index is 12.7. The van der Waals surface area contributed by atoms with Crippen LogP contribution in [0.25, 0.3) is 0 Å². The number of carbonyl (C=O) groups is 2. The normalized spacial score (nSPS) is 21.4. The summed E-state index contributed by atoms with van der Waals surface area (Å²) in [5.41, 5.74) is 5.27. The summed E-state index contributed by atoms with van der Waals surface area (Å²) < 4.78 is 25.5. The highest BCUT2D eigenvalue weighted by atomic mass is 19.3. The number of carbonyl (C=O) groups excluding carboxylic acids is 1. The van der Waals surface area contributed by atoms with Crippen LogP contribution in [-0.4, -0.2) is 46.9 Å². The maximum Gasteiger partial charge on any atom is 0.305 e. The molecule has 0 saturated carbocycles. The monoisotopic (exact) mass is 222 g/mol. The fourth-order valence-electron chi connectivity index (χ4n) is 1.43. The fraction of sp³-hybridized carbons (Fsp3) is 0.750. The number of rotatable bonds is 3. The van der Waals surface area contributed by atoms with Gasteiger partial charge in [0.05, 0.1) is 19.0 Å². The predicted molar refractivity (Wildman–Crippen MR) is 46.4 cm³/mol. The molecule has 86 valence electrons. The molecule has 1 unspecified atom stereocenters. The van der Waals surface area contributed by atoms with Crippen LogP contribution in [0.4, 0.5) is 8.78 Å². The lowest BCUT2D eigenvalue weighted by Crippen LogP contribution is -2.44. The van der Waals surface area contributed by atoms with E-state index >= 15 is 0 Å². The molecule has 15 heavy (non-hydrogen) atoms. The number of nitrogens with zero attached hydrogens (tertiary/aromatic N) is 1. The highest BCUT2D eigenvalue weighted by Gasteiger charge is 2.41. The van der Waals surface area contributed by atoms with Crippen molar-refractivity contribution in [3.63, 3.8) is 0 Å². The molecule has 1 rings (SSSR count). The van der Waals surface area contributed by atoms with Crippen LogP contribution in [0.1, 0.15) is 12.8 Å². The summed E-state index contributed by atoms with van der Waals surface area (Å²) in [6, 6.07) is -1.24. The molecule has 1 aliphatic heterocycles. The second-order valence-electron chi connectivity index (χ2n) is 3.57. The fourth-order valence-corrected chi connectivity index (χ4v) is 1.43. The van der Waals surface area contributed by atoms with Crippen LogP contribution >= 0.6 is 0 Å². The van der Waals surface area contributed by atoms with Crippen LogP contribution in [0.3, 0.4) is 0 Å². The standard InChI is InChI=1S/C8H12F2N2O3/c9-8(10)1-2-12(4-8)7(15)5(11)3-6(13)14/h5H,1-4,11H2,(H,13,14). The zero-order valence-corrected chi connectivity index (χ0v) is 7.95. The number of amides is 1. The number of likely N-dealkylation sites (tertiary alicyclic amines) is 1. The molecule has 0 spiro atoms. The van der Waals surface area contributed by atoms with Crippen LogP contribution in [0.15, 0.2) is 0 Å². The Morgan fingerprint density at radius 1 is 1.53 bits per heavy atom. The summed E-state index contributed by atoms with van der Waals surface area (Å²) in [7, 11) is 0. The van der Waals surface area contributed by atoms with E-state index in [1.54, 1.807) is 0 Å². The number of hydrogen-bond donors (Lipinski definition) is 2. The van der Waals surface area contributed by atoms with E-state index in [-0.39, 0.29) is 6.54 Å². The van der Waals surface area contributed by atoms with Gasteiger partial charge in [-0.15, -0.1) is 0 Å². The number of aliphatic carboxylic acids is 1. The number of carboxylic acid groups (broad SMARTS) is 1. The minimum Gasteiger partial charge on any atom is -0.481 e. The Morgan fingerprint density at radius 3 is 2.53 bits per heavy atom. The molecule has 1 aliphatic rings. The zero-order chi connectivity index (χ0) is 11.6. The molecule has 5 nitrogen and oxygen atoms in total. The Balaban J connectivity index is 2.51. The third-order valence-electron chi connectivity index (χ3n) is 2.19. The minimum atomic E-state index is -2.88. The lowest BCUT2D eigenvalue weighted by molar-refractivity contribution is -0.142. The van der Waals surface area contributed by atoms with E-state index < -0.39 is 43.2 Å². The number of carboxylic acids is 1.